The number of carbonyl (C=O) groups is 1. The van der Waals surface area contributed by atoms with Gasteiger partial charge in [0.2, 0.25) is 5.95 Å². The smallest absolute Gasteiger partial charge is 0.404 e. The number of aromatic nitrogens is 2. The van der Waals surface area contributed by atoms with Gasteiger partial charge in [0.05, 0.1) is 12.2 Å². The Labute approximate surface area is 166 Å². The fourth-order valence-corrected chi connectivity index (χ4v) is 3.24. The lowest BCUT2D eigenvalue weighted by Gasteiger charge is -2.38. The highest BCUT2D eigenvalue weighted by molar-refractivity contribution is 5.65. The molecule has 152 valence electrons. The summed E-state index contributed by atoms with van der Waals surface area (Å²) in [5, 5.41) is 25.9. The van der Waals surface area contributed by atoms with E-state index in [9.17, 15) is 18.8 Å². The highest BCUT2D eigenvalue weighted by Gasteiger charge is 2.48. The van der Waals surface area contributed by atoms with Crippen LogP contribution in [-0.4, -0.2) is 39.2 Å². The molecule has 1 fully saturated rings. The van der Waals surface area contributed by atoms with E-state index in [1.807, 2.05) is 25.1 Å². The molecule has 1 aromatic heterocycles. The average Bonchev–Trinajstić information content (AvgIpc) is 2.66. The molecule has 0 bridgehead atoms. The summed E-state index contributed by atoms with van der Waals surface area (Å²) in [5.41, 5.74) is 1.87. The number of alkyl halides is 2. The third-order valence-corrected chi connectivity index (χ3v) is 4.70. The topological polar surface area (TPSA) is 123 Å². The first-order valence-electron chi connectivity index (χ1n) is 9.03. The van der Waals surface area contributed by atoms with Crippen LogP contribution in [0.25, 0.3) is 0 Å². The van der Waals surface area contributed by atoms with Crippen molar-refractivity contribution in [1.29, 1.82) is 5.26 Å². The summed E-state index contributed by atoms with van der Waals surface area (Å²) in [5.74, 6) is -3.11. The van der Waals surface area contributed by atoms with Crippen molar-refractivity contribution in [3.63, 3.8) is 0 Å². The molecule has 1 aliphatic carbocycles. The van der Waals surface area contributed by atoms with E-state index in [2.05, 4.69) is 25.9 Å². The highest BCUT2D eigenvalue weighted by atomic mass is 19.3. The Hall–Kier alpha value is -3.48. The highest BCUT2D eigenvalue weighted by Crippen LogP contribution is 2.35. The molecule has 0 aliphatic heterocycles. The number of hydrogen-bond donors (Lipinski definition) is 4. The number of hydrogen-bond acceptors (Lipinski definition) is 6. The molecule has 1 amide bonds. The maximum atomic E-state index is 14.5. The van der Waals surface area contributed by atoms with Crippen LogP contribution in [0.2, 0.25) is 0 Å². The van der Waals surface area contributed by atoms with E-state index in [1.54, 1.807) is 12.1 Å². The Balaban J connectivity index is 1.86. The molecule has 0 saturated heterocycles. The third kappa shape index (κ3) is 4.87. The number of halogens is 2. The lowest BCUT2D eigenvalue weighted by molar-refractivity contribution is -0.0549. The predicted octanol–water partition coefficient (Wildman–Crippen LogP) is 3.64. The molecular weight excluding hydrogens is 382 g/mol. The van der Waals surface area contributed by atoms with E-state index in [-0.39, 0.29) is 36.6 Å². The van der Waals surface area contributed by atoms with E-state index in [4.69, 9.17) is 5.11 Å². The number of anilines is 3. The number of nitrogens with one attached hydrogen (secondary N) is 3. The molecule has 29 heavy (non-hydrogen) atoms. The number of aryl methyl sites for hydroxylation is 1. The Morgan fingerprint density at radius 1 is 1.34 bits per heavy atom. The van der Waals surface area contributed by atoms with Gasteiger partial charge in [-0.2, -0.15) is 10.2 Å². The van der Waals surface area contributed by atoms with Gasteiger partial charge in [-0.1, -0.05) is 17.7 Å². The second-order valence-electron chi connectivity index (χ2n) is 6.89. The second-order valence-corrected chi connectivity index (χ2v) is 6.89. The molecular formula is C19H20F2N6O2. The van der Waals surface area contributed by atoms with Gasteiger partial charge in [-0.05, 0) is 31.9 Å². The lowest BCUT2D eigenvalue weighted by atomic mass is 9.87. The molecule has 1 heterocycles. The van der Waals surface area contributed by atoms with E-state index in [0.717, 1.165) is 5.56 Å². The van der Waals surface area contributed by atoms with Crippen molar-refractivity contribution in [2.45, 2.75) is 44.2 Å². The predicted molar refractivity (Wildman–Crippen MR) is 102 cm³/mol. The van der Waals surface area contributed by atoms with Crippen molar-refractivity contribution in [2.24, 2.45) is 0 Å². The normalized spacial score (nSPS) is 20.3. The van der Waals surface area contributed by atoms with Crippen molar-refractivity contribution < 1.29 is 18.7 Å². The molecule has 3 rings (SSSR count). The standard InChI is InChI=1S/C19H20F2N6O2/c1-11-4-6-13(7-5-11)24-16-12(9-22)10-23-17(27-16)26-15-14(25-18(28)29)3-2-8-19(15,20)21/h4-7,10,14-15,25H,2-3,8H2,1H3,(H,28,29)(H2,23,24,26,27)/t14-,15-/m0/s1. The van der Waals surface area contributed by atoms with Crippen LogP contribution in [-0.2, 0) is 0 Å². The number of nitrogens with zero attached hydrogens (tertiary/aromatic N) is 3. The van der Waals surface area contributed by atoms with Gasteiger partial charge >= 0.3 is 6.09 Å². The summed E-state index contributed by atoms with van der Waals surface area (Å²) in [6.07, 6.45) is -0.0452. The van der Waals surface area contributed by atoms with Crippen LogP contribution in [0.5, 0.6) is 0 Å². The average molecular weight is 402 g/mol. The SMILES string of the molecule is Cc1ccc(Nc2nc(N[C@H]3[C@@H](NC(=O)O)CCCC3(F)F)ncc2C#N)cc1. The summed E-state index contributed by atoms with van der Waals surface area (Å²) in [6.45, 7) is 1.93. The van der Waals surface area contributed by atoms with E-state index >= 15 is 0 Å². The minimum absolute atomic E-state index is 0.123. The van der Waals surface area contributed by atoms with Gasteiger partial charge < -0.3 is 21.1 Å². The largest absolute Gasteiger partial charge is 0.465 e. The molecule has 2 aromatic rings. The molecule has 0 unspecified atom stereocenters. The number of carboxylic acid groups (broad SMARTS) is 1. The maximum Gasteiger partial charge on any atom is 0.404 e. The fourth-order valence-electron chi connectivity index (χ4n) is 3.24. The summed E-state index contributed by atoms with van der Waals surface area (Å²) >= 11 is 0. The molecule has 4 N–H and O–H groups in total. The van der Waals surface area contributed by atoms with E-state index < -0.39 is 24.1 Å². The van der Waals surface area contributed by atoms with Gasteiger partial charge in [-0.15, -0.1) is 0 Å². The van der Waals surface area contributed by atoms with Crippen molar-refractivity contribution in [3.8, 4) is 6.07 Å². The van der Waals surface area contributed by atoms with Gasteiger partial charge in [0, 0.05) is 12.1 Å². The number of nitriles is 1. The van der Waals surface area contributed by atoms with Gasteiger partial charge in [-0.25, -0.2) is 18.6 Å². The third-order valence-electron chi connectivity index (χ3n) is 4.70. The summed E-state index contributed by atoms with van der Waals surface area (Å²) in [4.78, 5) is 19.1. The van der Waals surface area contributed by atoms with Crippen molar-refractivity contribution in [1.82, 2.24) is 15.3 Å². The van der Waals surface area contributed by atoms with Crippen LogP contribution >= 0.6 is 0 Å². The Morgan fingerprint density at radius 2 is 2.07 bits per heavy atom. The van der Waals surface area contributed by atoms with Gasteiger partial charge in [-0.3, -0.25) is 0 Å². The van der Waals surface area contributed by atoms with Crippen LogP contribution in [0.3, 0.4) is 0 Å². The minimum atomic E-state index is -3.15. The molecule has 0 radical (unpaired) electrons. The van der Waals surface area contributed by atoms with Crippen LogP contribution in [0.4, 0.5) is 31.0 Å². The molecule has 8 nitrogen and oxygen atoms in total. The van der Waals surface area contributed by atoms with E-state index in [1.165, 1.54) is 6.20 Å². The summed E-state index contributed by atoms with van der Waals surface area (Å²) in [6, 6.07) is 6.80. The van der Waals surface area contributed by atoms with Gasteiger partial charge in [0.1, 0.15) is 17.7 Å². The number of amides is 1. The Kier molecular flexibility index (Phi) is 5.77. The quantitative estimate of drug-likeness (QED) is 0.602. The lowest BCUT2D eigenvalue weighted by Crippen LogP contribution is -2.57. The number of rotatable bonds is 5. The first-order chi connectivity index (χ1) is 13.8. The van der Waals surface area contributed by atoms with Crippen LogP contribution in [0.1, 0.15) is 30.4 Å². The van der Waals surface area contributed by atoms with Crippen LogP contribution in [0, 0.1) is 18.3 Å². The first kappa shape index (κ1) is 20.3. The van der Waals surface area contributed by atoms with Crippen LogP contribution < -0.4 is 16.0 Å². The van der Waals surface area contributed by atoms with Gasteiger partial charge in [0.25, 0.3) is 5.92 Å². The Morgan fingerprint density at radius 3 is 2.72 bits per heavy atom. The summed E-state index contributed by atoms with van der Waals surface area (Å²) < 4.78 is 28.9. The summed E-state index contributed by atoms with van der Waals surface area (Å²) in [7, 11) is 0. The van der Waals surface area contributed by atoms with Crippen molar-refractivity contribution in [3.05, 3.63) is 41.6 Å². The number of benzene rings is 1. The fraction of sp³-hybridized carbons (Fsp3) is 0.368. The second kappa shape index (κ2) is 8.26. The van der Waals surface area contributed by atoms with Crippen molar-refractivity contribution >= 4 is 23.5 Å². The zero-order valence-corrected chi connectivity index (χ0v) is 15.6. The van der Waals surface area contributed by atoms with Crippen LogP contribution in [0.15, 0.2) is 30.5 Å². The monoisotopic (exact) mass is 402 g/mol. The first-order valence-corrected chi connectivity index (χ1v) is 9.03. The molecule has 1 aromatic carbocycles. The zero-order chi connectivity index (χ0) is 21.0. The Bertz CT molecular complexity index is 929. The minimum Gasteiger partial charge on any atom is -0.465 e. The molecule has 0 spiro atoms. The zero-order valence-electron chi connectivity index (χ0n) is 15.6. The molecule has 1 saturated carbocycles. The van der Waals surface area contributed by atoms with Crippen molar-refractivity contribution in [2.75, 3.05) is 10.6 Å². The maximum absolute atomic E-state index is 14.5. The molecule has 1 aliphatic rings. The molecule has 10 heteroatoms. The molecule has 2 atom stereocenters. The van der Waals surface area contributed by atoms with E-state index in [0.29, 0.717) is 5.69 Å². The van der Waals surface area contributed by atoms with Gasteiger partial charge in [0.15, 0.2) is 5.82 Å².